The van der Waals surface area contributed by atoms with Crippen molar-refractivity contribution in [3.8, 4) is 11.5 Å². The predicted molar refractivity (Wildman–Crippen MR) is 94.5 cm³/mol. The summed E-state index contributed by atoms with van der Waals surface area (Å²) in [6, 6.07) is 11.3. The molecule has 130 valence electrons. The Labute approximate surface area is 148 Å². The molecule has 0 spiro atoms. The molecule has 4 rings (SSSR count). The fourth-order valence-electron chi connectivity index (χ4n) is 2.67. The number of pyridine rings is 1. The quantitative estimate of drug-likeness (QED) is 0.609. The lowest BCUT2D eigenvalue weighted by Gasteiger charge is -2.05. The number of hydrogen-bond donors (Lipinski definition) is 1. The number of rotatable bonds is 4. The molecule has 0 bridgehead atoms. The molecule has 0 atom stereocenters. The van der Waals surface area contributed by atoms with E-state index in [9.17, 15) is 4.79 Å². The summed E-state index contributed by atoms with van der Waals surface area (Å²) in [6.07, 6.45) is 1.89. The van der Waals surface area contributed by atoms with Gasteiger partial charge in [0.1, 0.15) is 5.82 Å². The lowest BCUT2D eigenvalue weighted by Crippen LogP contribution is -2.16. The Morgan fingerprint density at radius 3 is 2.85 bits per heavy atom. The monoisotopic (exact) mass is 348 g/mol. The summed E-state index contributed by atoms with van der Waals surface area (Å²) in [7, 11) is 0. The summed E-state index contributed by atoms with van der Waals surface area (Å²) in [6.45, 7) is 3.73. The van der Waals surface area contributed by atoms with Gasteiger partial charge in [-0.25, -0.2) is 0 Å². The summed E-state index contributed by atoms with van der Waals surface area (Å²) in [5.41, 5.74) is 3.21. The van der Waals surface area contributed by atoms with E-state index < -0.39 is 0 Å². The van der Waals surface area contributed by atoms with Crippen molar-refractivity contribution in [3.63, 3.8) is 0 Å². The Morgan fingerprint density at radius 1 is 1.19 bits per heavy atom. The van der Waals surface area contributed by atoms with E-state index in [1.807, 2.05) is 37.3 Å². The first-order valence-electron chi connectivity index (χ1n) is 8.09. The molecule has 4 aromatic rings. The molecule has 8 nitrogen and oxygen atoms in total. The maximum absolute atomic E-state index is 12.4. The molecule has 1 N–H and O–H groups in total. The van der Waals surface area contributed by atoms with Gasteiger partial charge in [0.2, 0.25) is 5.91 Å². The zero-order valence-corrected chi connectivity index (χ0v) is 14.3. The molecule has 0 fully saturated rings. The van der Waals surface area contributed by atoms with Crippen LogP contribution in [-0.2, 0) is 11.2 Å². The average Bonchev–Trinajstić information content (AvgIpc) is 3.21. The molecule has 0 radical (unpaired) electrons. The van der Waals surface area contributed by atoms with E-state index in [0.717, 1.165) is 16.8 Å². The Morgan fingerprint density at radius 2 is 2.08 bits per heavy atom. The zero-order chi connectivity index (χ0) is 18.1. The normalized spacial score (nSPS) is 11.0. The van der Waals surface area contributed by atoms with Crippen LogP contribution in [0.3, 0.4) is 0 Å². The number of anilines is 1. The minimum absolute atomic E-state index is 0.0986. The highest BCUT2D eigenvalue weighted by Gasteiger charge is 2.13. The van der Waals surface area contributed by atoms with Gasteiger partial charge in [-0.15, -0.1) is 10.2 Å². The predicted octanol–water partition coefficient (Wildman–Crippen LogP) is 2.58. The van der Waals surface area contributed by atoms with Crippen molar-refractivity contribution >= 4 is 17.2 Å². The Kier molecular flexibility index (Phi) is 3.92. The first-order valence-corrected chi connectivity index (χ1v) is 8.09. The van der Waals surface area contributed by atoms with Crippen LogP contribution >= 0.6 is 0 Å². The van der Waals surface area contributed by atoms with Crippen molar-refractivity contribution in [1.82, 2.24) is 24.7 Å². The van der Waals surface area contributed by atoms with Crippen LogP contribution in [0.4, 0.5) is 5.69 Å². The van der Waals surface area contributed by atoms with Crippen LogP contribution in [-0.4, -0.2) is 30.6 Å². The van der Waals surface area contributed by atoms with E-state index >= 15 is 0 Å². The molecule has 0 saturated carbocycles. The van der Waals surface area contributed by atoms with Gasteiger partial charge in [-0.3, -0.25) is 9.20 Å². The minimum atomic E-state index is -0.163. The van der Waals surface area contributed by atoms with Gasteiger partial charge in [-0.2, -0.15) is 4.98 Å². The van der Waals surface area contributed by atoms with E-state index in [4.69, 9.17) is 4.52 Å². The van der Waals surface area contributed by atoms with Crippen molar-refractivity contribution in [2.45, 2.75) is 20.3 Å². The fourth-order valence-corrected chi connectivity index (χ4v) is 2.67. The molecular weight excluding hydrogens is 332 g/mol. The van der Waals surface area contributed by atoms with Gasteiger partial charge >= 0.3 is 0 Å². The summed E-state index contributed by atoms with van der Waals surface area (Å²) in [5, 5.41) is 14.9. The highest BCUT2D eigenvalue weighted by atomic mass is 16.5. The average molecular weight is 348 g/mol. The number of benzene rings is 1. The van der Waals surface area contributed by atoms with Crippen LogP contribution in [0.2, 0.25) is 0 Å². The molecule has 0 unspecified atom stereocenters. The number of carbonyl (C=O) groups excluding carboxylic acids is 1. The van der Waals surface area contributed by atoms with Gasteiger partial charge in [-0.05, 0) is 43.7 Å². The molecule has 0 aliphatic heterocycles. The largest absolute Gasteiger partial charge is 0.334 e. The molecule has 3 heterocycles. The summed E-state index contributed by atoms with van der Waals surface area (Å²) in [4.78, 5) is 16.6. The van der Waals surface area contributed by atoms with Crippen molar-refractivity contribution in [2.24, 2.45) is 0 Å². The van der Waals surface area contributed by atoms with Crippen molar-refractivity contribution in [2.75, 3.05) is 5.32 Å². The van der Waals surface area contributed by atoms with E-state index in [1.54, 1.807) is 23.6 Å². The number of amides is 1. The van der Waals surface area contributed by atoms with Crippen LogP contribution in [0, 0.1) is 13.8 Å². The summed E-state index contributed by atoms with van der Waals surface area (Å²) < 4.78 is 6.95. The first-order chi connectivity index (χ1) is 12.6. The van der Waals surface area contributed by atoms with Crippen molar-refractivity contribution in [3.05, 3.63) is 59.8 Å². The van der Waals surface area contributed by atoms with Gasteiger partial charge in [0, 0.05) is 11.9 Å². The summed E-state index contributed by atoms with van der Waals surface area (Å²) >= 11 is 0. The van der Waals surface area contributed by atoms with Gasteiger partial charge in [-0.1, -0.05) is 17.3 Å². The third-order valence-electron chi connectivity index (χ3n) is 3.87. The number of fused-ring (bicyclic) bond motifs is 1. The van der Waals surface area contributed by atoms with E-state index in [-0.39, 0.29) is 12.3 Å². The number of nitrogens with zero attached hydrogens (tertiary/aromatic N) is 5. The first kappa shape index (κ1) is 15.9. The van der Waals surface area contributed by atoms with E-state index in [1.165, 1.54) is 0 Å². The molecule has 26 heavy (non-hydrogen) atoms. The second-order valence-electron chi connectivity index (χ2n) is 6.00. The van der Waals surface area contributed by atoms with Crippen LogP contribution in [0.15, 0.2) is 47.1 Å². The molecule has 0 saturated heterocycles. The smallest absolute Gasteiger partial charge is 0.259 e. The van der Waals surface area contributed by atoms with Crippen LogP contribution in [0.25, 0.3) is 17.1 Å². The van der Waals surface area contributed by atoms with E-state index in [2.05, 4.69) is 25.7 Å². The SMILES string of the molecule is Cc1cccc(NC(=O)Cc2nnc3ccc(-c4nc(C)no4)cn23)c1. The van der Waals surface area contributed by atoms with Gasteiger partial charge in [0.25, 0.3) is 5.89 Å². The van der Waals surface area contributed by atoms with Gasteiger partial charge < -0.3 is 9.84 Å². The molecule has 0 aliphatic rings. The molecule has 8 heteroatoms. The number of hydrogen-bond acceptors (Lipinski definition) is 6. The van der Waals surface area contributed by atoms with E-state index in [0.29, 0.717) is 23.2 Å². The maximum atomic E-state index is 12.4. The van der Waals surface area contributed by atoms with Crippen LogP contribution in [0.5, 0.6) is 0 Å². The summed E-state index contributed by atoms with van der Waals surface area (Å²) in [5.74, 6) is 1.34. The maximum Gasteiger partial charge on any atom is 0.259 e. The number of nitrogens with one attached hydrogen (secondary N) is 1. The molecule has 1 amide bonds. The van der Waals surface area contributed by atoms with Crippen LogP contribution in [0.1, 0.15) is 17.2 Å². The third-order valence-corrected chi connectivity index (χ3v) is 3.87. The topological polar surface area (TPSA) is 98.2 Å². The second-order valence-corrected chi connectivity index (χ2v) is 6.00. The highest BCUT2D eigenvalue weighted by molar-refractivity contribution is 5.92. The zero-order valence-electron chi connectivity index (χ0n) is 14.3. The Bertz CT molecular complexity index is 1100. The second kappa shape index (κ2) is 6.40. The molecular formula is C18H16N6O2. The fraction of sp³-hybridized carbons (Fsp3) is 0.167. The number of carbonyl (C=O) groups is 1. The minimum Gasteiger partial charge on any atom is -0.334 e. The lowest BCUT2D eigenvalue weighted by atomic mass is 10.2. The van der Waals surface area contributed by atoms with Crippen molar-refractivity contribution in [1.29, 1.82) is 0 Å². The van der Waals surface area contributed by atoms with Gasteiger partial charge in [0.15, 0.2) is 11.5 Å². The Hall–Kier alpha value is -3.55. The van der Waals surface area contributed by atoms with Crippen LogP contribution < -0.4 is 5.32 Å². The molecule has 1 aromatic carbocycles. The van der Waals surface area contributed by atoms with Gasteiger partial charge in [0.05, 0.1) is 12.0 Å². The number of aromatic nitrogens is 5. The third kappa shape index (κ3) is 3.16. The number of aryl methyl sites for hydroxylation is 2. The standard InChI is InChI=1S/C18H16N6O2/c1-11-4-3-5-14(8-11)20-17(25)9-16-22-21-15-7-6-13(10-24(15)16)18-19-12(2)23-26-18/h3-8,10H,9H2,1-2H3,(H,20,25). The van der Waals surface area contributed by atoms with Crippen molar-refractivity contribution < 1.29 is 9.32 Å². The Balaban J connectivity index is 1.59. The molecule has 0 aliphatic carbocycles. The molecule has 3 aromatic heterocycles. The highest BCUT2D eigenvalue weighted by Crippen LogP contribution is 2.18. The lowest BCUT2D eigenvalue weighted by molar-refractivity contribution is -0.115.